The molecule has 1 aromatic rings. The molecule has 3 nitrogen and oxygen atoms in total. The number of carbonyl (C=O) groups excluding carboxylic acids is 1. The standard InChI is InChI=1S/C11H10N2O/c1-2-10(14)13-7-6-8-4-3-5-9(12)11(8)13/h1,3-5H,6-7,12H2. The number of rotatable bonds is 0. The SMILES string of the molecule is C#CC(=O)N1CCc2cccc(N)c21. The summed E-state index contributed by atoms with van der Waals surface area (Å²) < 4.78 is 0. The van der Waals surface area contributed by atoms with E-state index in [0.717, 1.165) is 17.7 Å². The summed E-state index contributed by atoms with van der Waals surface area (Å²) in [5.41, 5.74) is 8.29. The molecule has 1 amide bonds. The number of para-hydroxylation sites is 1. The lowest BCUT2D eigenvalue weighted by Gasteiger charge is -2.15. The van der Waals surface area contributed by atoms with Gasteiger partial charge >= 0.3 is 5.91 Å². The molecular formula is C11H10N2O. The van der Waals surface area contributed by atoms with Crippen LogP contribution in [0.4, 0.5) is 11.4 Å². The van der Waals surface area contributed by atoms with Gasteiger partial charge in [-0.1, -0.05) is 12.1 Å². The van der Waals surface area contributed by atoms with Gasteiger partial charge in [-0.15, -0.1) is 6.42 Å². The molecular weight excluding hydrogens is 176 g/mol. The predicted octanol–water partition coefficient (Wildman–Crippen LogP) is 0.791. The summed E-state index contributed by atoms with van der Waals surface area (Å²) in [6.07, 6.45) is 5.90. The smallest absolute Gasteiger partial charge is 0.302 e. The number of amides is 1. The van der Waals surface area contributed by atoms with Gasteiger partial charge in [0.15, 0.2) is 0 Å². The zero-order chi connectivity index (χ0) is 10.1. The molecule has 70 valence electrons. The van der Waals surface area contributed by atoms with Crippen molar-refractivity contribution in [3.8, 4) is 12.3 Å². The van der Waals surface area contributed by atoms with Crippen molar-refractivity contribution in [3.05, 3.63) is 23.8 Å². The highest BCUT2D eigenvalue weighted by atomic mass is 16.2. The van der Waals surface area contributed by atoms with Gasteiger partial charge in [-0.3, -0.25) is 9.69 Å². The van der Waals surface area contributed by atoms with E-state index in [1.165, 1.54) is 0 Å². The molecule has 0 radical (unpaired) electrons. The number of terminal acetylenes is 1. The second-order valence-corrected chi connectivity index (χ2v) is 3.21. The fourth-order valence-corrected chi connectivity index (χ4v) is 1.77. The first-order valence-corrected chi connectivity index (χ1v) is 4.39. The molecule has 0 saturated carbocycles. The normalized spacial score (nSPS) is 13.5. The maximum atomic E-state index is 11.4. The van der Waals surface area contributed by atoms with Crippen molar-refractivity contribution >= 4 is 17.3 Å². The number of carbonyl (C=O) groups is 1. The van der Waals surface area contributed by atoms with E-state index in [4.69, 9.17) is 12.2 Å². The van der Waals surface area contributed by atoms with Crippen molar-refractivity contribution in [1.82, 2.24) is 0 Å². The summed E-state index contributed by atoms with van der Waals surface area (Å²) >= 11 is 0. The van der Waals surface area contributed by atoms with Crippen LogP contribution in [0, 0.1) is 12.3 Å². The number of anilines is 2. The number of nitrogen functional groups attached to an aromatic ring is 1. The van der Waals surface area contributed by atoms with Gasteiger partial charge in [-0.25, -0.2) is 0 Å². The van der Waals surface area contributed by atoms with Gasteiger partial charge in [0.25, 0.3) is 0 Å². The highest BCUT2D eigenvalue weighted by Crippen LogP contribution is 2.33. The Morgan fingerprint density at radius 2 is 2.36 bits per heavy atom. The quantitative estimate of drug-likeness (QED) is 0.481. The van der Waals surface area contributed by atoms with E-state index < -0.39 is 0 Å². The first-order valence-electron chi connectivity index (χ1n) is 4.39. The second kappa shape index (κ2) is 3.08. The molecule has 0 fully saturated rings. The third-order valence-electron chi connectivity index (χ3n) is 2.39. The minimum atomic E-state index is -0.318. The van der Waals surface area contributed by atoms with E-state index in [-0.39, 0.29) is 5.91 Å². The Hall–Kier alpha value is -1.95. The van der Waals surface area contributed by atoms with E-state index in [2.05, 4.69) is 5.92 Å². The van der Waals surface area contributed by atoms with Crippen LogP contribution in [0.15, 0.2) is 18.2 Å². The molecule has 2 rings (SSSR count). The lowest BCUT2D eigenvalue weighted by molar-refractivity contribution is -0.113. The summed E-state index contributed by atoms with van der Waals surface area (Å²) in [6, 6.07) is 5.63. The molecule has 0 aromatic heterocycles. The number of hydrogen-bond acceptors (Lipinski definition) is 2. The fraction of sp³-hybridized carbons (Fsp3) is 0.182. The van der Waals surface area contributed by atoms with E-state index in [1.807, 2.05) is 12.1 Å². The largest absolute Gasteiger partial charge is 0.397 e. The number of fused-ring (bicyclic) bond motifs is 1. The Balaban J connectivity index is 2.49. The Morgan fingerprint density at radius 3 is 3.07 bits per heavy atom. The van der Waals surface area contributed by atoms with Gasteiger partial charge in [0, 0.05) is 6.54 Å². The predicted molar refractivity (Wildman–Crippen MR) is 55.7 cm³/mol. The van der Waals surface area contributed by atoms with Crippen LogP contribution in [0.2, 0.25) is 0 Å². The molecule has 14 heavy (non-hydrogen) atoms. The van der Waals surface area contributed by atoms with Crippen molar-refractivity contribution in [1.29, 1.82) is 0 Å². The molecule has 3 heteroatoms. The third kappa shape index (κ3) is 1.12. The summed E-state index contributed by atoms with van der Waals surface area (Å²) in [6.45, 7) is 0.632. The first-order chi connectivity index (χ1) is 6.74. The van der Waals surface area contributed by atoms with Crippen LogP contribution in [-0.4, -0.2) is 12.5 Å². The third-order valence-corrected chi connectivity index (χ3v) is 2.39. The summed E-state index contributed by atoms with van der Waals surface area (Å²) in [5, 5.41) is 0. The number of nitrogens with two attached hydrogens (primary N) is 1. The molecule has 1 heterocycles. The fourth-order valence-electron chi connectivity index (χ4n) is 1.77. The van der Waals surface area contributed by atoms with Crippen LogP contribution >= 0.6 is 0 Å². The van der Waals surface area contributed by atoms with Gasteiger partial charge < -0.3 is 5.73 Å². The van der Waals surface area contributed by atoms with Crippen molar-refractivity contribution in [2.75, 3.05) is 17.2 Å². The average molecular weight is 186 g/mol. The lowest BCUT2D eigenvalue weighted by atomic mass is 10.1. The van der Waals surface area contributed by atoms with Gasteiger partial charge in [0.1, 0.15) is 0 Å². The van der Waals surface area contributed by atoms with Crippen LogP contribution in [0.25, 0.3) is 0 Å². The van der Waals surface area contributed by atoms with E-state index in [1.54, 1.807) is 11.0 Å². The highest BCUT2D eigenvalue weighted by molar-refractivity contribution is 6.08. The maximum absolute atomic E-state index is 11.4. The van der Waals surface area contributed by atoms with E-state index in [0.29, 0.717) is 12.2 Å². The van der Waals surface area contributed by atoms with E-state index in [9.17, 15) is 4.79 Å². The molecule has 0 saturated heterocycles. The van der Waals surface area contributed by atoms with E-state index >= 15 is 0 Å². The number of benzene rings is 1. The topological polar surface area (TPSA) is 46.3 Å². The van der Waals surface area contributed by atoms with Crippen LogP contribution in [0.1, 0.15) is 5.56 Å². The van der Waals surface area contributed by atoms with Crippen molar-refractivity contribution in [2.45, 2.75) is 6.42 Å². The second-order valence-electron chi connectivity index (χ2n) is 3.21. The summed E-state index contributed by atoms with van der Waals surface area (Å²) in [4.78, 5) is 12.9. The maximum Gasteiger partial charge on any atom is 0.302 e. The highest BCUT2D eigenvalue weighted by Gasteiger charge is 2.25. The molecule has 0 unspecified atom stereocenters. The first kappa shape index (κ1) is 8.64. The minimum absolute atomic E-state index is 0.318. The van der Waals surface area contributed by atoms with Crippen molar-refractivity contribution in [2.24, 2.45) is 0 Å². The molecule has 1 aliphatic rings. The zero-order valence-electron chi connectivity index (χ0n) is 7.66. The molecule has 0 spiro atoms. The van der Waals surface area contributed by atoms with Crippen molar-refractivity contribution in [3.63, 3.8) is 0 Å². The van der Waals surface area contributed by atoms with Crippen LogP contribution < -0.4 is 10.6 Å². The monoisotopic (exact) mass is 186 g/mol. The molecule has 0 bridgehead atoms. The molecule has 1 aliphatic heterocycles. The Morgan fingerprint density at radius 1 is 1.57 bits per heavy atom. The van der Waals surface area contributed by atoms with Crippen LogP contribution in [-0.2, 0) is 11.2 Å². The molecule has 0 atom stereocenters. The Labute approximate surface area is 82.5 Å². The molecule has 2 N–H and O–H groups in total. The molecule has 1 aromatic carbocycles. The van der Waals surface area contributed by atoms with Crippen LogP contribution in [0.3, 0.4) is 0 Å². The molecule has 0 aliphatic carbocycles. The van der Waals surface area contributed by atoms with Gasteiger partial charge in [0.2, 0.25) is 0 Å². The van der Waals surface area contributed by atoms with Gasteiger partial charge in [0.05, 0.1) is 11.4 Å². The summed E-state index contributed by atoms with van der Waals surface area (Å²) in [5.74, 6) is 1.79. The van der Waals surface area contributed by atoms with Gasteiger partial charge in [-0.05, 0) is 24.0 Å². The van der Waals surface area contributed by atoms with Crippen LogP contribution in [0.5, 0.6) is 0 Å². The van der Waals surface area contributed by atoms with Crippen molar-refractivity contribution < 1.29 is 4.79 Å². The van der Waals surface area contributed by atoms with Gasteiger partial charge in [-0.2, -0.15) is 0 Å². The average Bonchev–Trinajstić information content (AvgIpc) is 2.62. The zero-order valence-corrected chi connectivity index (χ0v) is 7.66. The Bertz CT molecular complexity index is 431. The Kier molecular flexibility index (Phi) is 1.90. The minimum Gasteiger partial charge on any atom is -0.397 e. The number of nitrogens with zero attached hydrogens (tertiary/aromatic N) is 1. The summed E-state index contributed by atoms with van der Waals surface area (Å²) in [7, 11) is 0. The number of hydrogen-bond donors (Lipinski definition) is 1. The lowest BCUT2D eigenvalue weighted by Crippen LogP contribution is -2.27.